The number of H-pyrrole nitrogens is 1. The topological polar surface area (TPSA) is 52.7 Å². The predicted octanol–water partition coefficient (Wildman–Crippen LogP) is 0.597. The monoisotopic (exact) mass is 220 g/mol. The van der Waals surface area contributed by atoms with Crippen LogP contribution in [0.3, 0.4) is 0 Å². The van der Waals surface area contributed by atoms with Crippen molar-refractivity contribution in [1.29, 1.82) is 0 Å². The summed E-state index contributed by atoms with van der Waals surface area (Å²) < 4.78 is 0. The molecule has 0 amide bonds. The molecule has 3 heterocycles. The van der Waals surface area contributed by atoms with Crippen LogP contribution in [0.25, 0.3) is 0 Å². The maximum Gasteiger partial charge on any atom is 0.106 e. The van der Waals surface area contributed by atoms with Crippen LogP contribution in [0, 0.1) is 5.92 Å². The Morgan fingerprint density at radius 3 is 2.81 bits per heavy atom. The van der Waals surface area contributed by atoms with Gasteiger partial charge in [-0.1, -0.05) is 0 Å². The highest BCUT2D eigenvalue weighted by molar-refractivity contribution is 5.17. The van der Waals surface area contributed by atoms with Crippen molar-refractivity contribution in [3.63, 3.8) is 0 Å². The Labute approximate surface area is 96.2 Å². The summed E-state index contributed by atoms with van der Waals surface area (Å²) in [6.45, 7) is 4.39. The van der Waals surface area contributed by atoms with Gasteiger partial charge >= 0.3 is 0 Å². The number of imidazole rings is 1. The highest BCUT2D eigenvalue weighted by Gasteiger charge is 2.18. The molecule has 88 valence electrons. The standard InChI is InChI=1S/C12H20N4/c1-4-13-5-2-9(1)7-12-15-10-3-6-14-8-11(10)16-12/h9,13-14H,1-8H2,(H,15,16). The second-order valence-corrected chi connectivity index (χ2v) is 4.93. The van der Waals surface area contributed by atoms with Gasteiger partial charge in [0.15, 0.2) is 0 Å². The first-order valence-corrected chi connectivity index (χ1v) is 6.40. The Balaban J connectivity index is 1.67. The number of hydrogen-bond donors (Lipinski definition) is 3. The molecule has 0 aromatic carbocycles. The van der Waals surface area contributed by atoms with Crippen LogP contribution in [0.5, 0.6) is 0 Å². The summed E-state index contributed by atoms with van der Waals surface area (Å²) in [6.07, 6.45) is 4.81. The summed E-state index contributed by atoms with van der Waals surface area (Å²) in [5, 5.41) is 6.79. The molecule has 0 bridgehead atoms. The zero-order valence-corrected chi connectivity index (χ0v) is 9.68. The molecule has 1 saturated heterocycles. The van der Waals surface area contributed by atoms with Crippen LogP contribution < -0.4 is 10.6 Å². The fraction of sp³-hybridized carbons (Fsp3) is 0.750. The minimum Gasteiger partial charge on any atom is -0.345 e. The highest BCUT2D eigenvalue weighted by atomic mass is 15.0. The van der Waals surface area contributed by atoms with Crippen LogP contribution in [-0.4, -0.2) is 29.6 Å². The molecule has 0 spiro atoms. The van der Waals surface area contributed by atoms with Gasteiger partial charge in [0.25, 0.3) is 0 Å². The van der Waals surface area contributed by atoms with Gasteiger partial charge in [-0.15, -0.1) is 0 Å². The molecule has 3 rings (SSSR count). The number of aromatic nitrogens is 2. The van der Waals surface area contributed by atoms with Crippen LogP contribution in [-0.2, 0) is 19.4 Å². The summed E-state index contributed by atoms with van der Waals surface area (Å²) in [6, 6.07) is 0. The normalized spacial score (nSPS) is 22.0. The van der Waals surface area contributed by atoms with Gasteiger partial charge in [-0.25, -0.2) is 4.98 Å². The maximum atomic E-state index is 4.73. The van der Waals surface area contributed by atoms with Gasteiger partial charge in [0, 0.05) is 25.9 Å². The molecule has 2 aliphatic heterocycles. The van der Waals surface area contributed by atoms with Gasteiger partial charge in [-0.2, -0.15) is 0 Å². The Hall–Kier alpha value is -0.870. The van der Waals surface area contributed by atoms with E-state index < -0.39 is 0 Å². The largest absolute Gasteiger partial charge is 0.345 e. The van der Waals surface area contributed by atoms with Crippen molar-refractivity contribution in [2.24, 2.45) is 5.92 Å². The molecule has 0 aliphatic carbocycles. The van der Waals surface area contributed by atoms with Crippen molar-refractivity contribution < 1.29 is 0 Å². The molecule has 16 heavy (non-hydrogen) atoms. The lowest BCUT2D eigenvalue weighted by Gasteiger charge is -2.21. The van der Waals surface area contributed by atoms with Crippen molar-refractivity contribution in [3.8, 4) is 0 Å². The number of piperidine rings is 1. The molecule has 0 saturated carbocycles. The first kappa shape index (κ1) is 10.3. The number of nitrogens with zero attached hydrogens (tertiary/aromatic N) is 1. The summed E-state index contributed by atoms with van der Waals surface area (Å²) in [5.74, 6) is 2.03. The summed E-state index contributed by atoms with van der Waals surface area (Å²) in [4.78, 5) is 8.22. The van der Waals surface area contributed by atoms with Gasteiger partial charge in [-0.05, 0) is 31.8 Å². The average Bonchev–Trinajstić information content (AvgIpc) is 2.72. The number of nitrogens with one attached hydrogen (secondary N) is 3. The molecule has 0 radical (unpaired) electrons. The molecule has 3 N–H and O–H groups in total. The molecular formula is C12H20N4. The van der Waals surface area contributed by atoms with E-state index >= 15 is 0 Å². The lowest BCUT2D eigenvalue weighted by Crippen LogP contribution is -2.28. The van der Waals surface area contributed by atoms with E-state index in [1.807, 2.05) is 0 Å². The summed E-state index contributed by atoms with van der Waals surface area (Å²) >= 11 is 0. The maximum absolute atomic E-state index is 4.73. The third-order valence-corrected chi connectivity index (χ3v) is 3.69. The van der Waals surface area contributed by atoms with Gasteiger partial charge < -0.3 is 15.6 Å². The fourth-order valence-electron chi connectivity index (χ4n) is 2.73. The Kier molecular flexibility index (Phi) is 2.93. The number of aromatic amines is 1. The van der Waals surface area contributed by atoms with Gasteiger partial charge in [0.2, 0.25) is 0 Å². The molecule has 1 aromatic heterocycles. The van der Waals surface area contributed by atoms with E-state index in [4.69, 9.17) is 4.98 Å². The van der Waals surface area contributed by atoms with E-state index in [2.05, 4.69) is 15.6 Å². The third kappa shape index (κ3) is 2.13. The molecule has 2 aliphatic rings. The molecule has 0 atom stereocenters. The predicted molar refractivity (Wildman–Crippen MR) is 63.3 cm³/mol. The van der Waals surface area contributed by atoms with Crippen molar-refractivity contribution in [3.05, 3.63) is 17.2 Å². The van der Waals surface area contributed by atoms with E-state index in [9.17, 15) is 0 Å². The van der Waals surface area contributed by atoms with Gasteiger partial charge in [0.1, 0.15) is 5.82 Å². The Morgan fingerprint density at radius 1 is 1.12 bits per heavy atom. The first-order valence-electron chi connectivity index (χ1n) is 6.40. The zero-order chi connectivity index (χ0) is 10.8. The molecule has 1 fully saturated rings. The second kappa shape index (κ2) is 4.55. The van der Waals surface area contributed by atoms with Crippen LogP contribution >= 0.6 is 0 Å². The average molecular weight is 220 g/mol. The summed E-state index contributed by atoms with van der Waals surface area (Å²) in [7, 11) is 0. The highest BCUT2D eigenvalue weighted by Crippen LogP contribution is 2.18. The van der Waals surface area contributed by atoms with Gasteiger partial charge in [0.05, 0.1) is 11.4 Å². The van der Waals surface area contributed by atoms with E-state index in [0.717, 1.165) is 31.8 Å². The van der Waals surface area contributed by atoms with E-state index in [-0.39, 0.29) is 0 Å². The van der Waals surface area contributed by atoms with Crippen LogP contribution in [0.2, 0.25) is 0 Å². The lowest BCUT2D eigenvalue weighted by molar-refractivity contribution is 0.368. The minimum absolute atomic E-state index is 0.821. The zero-order valence-electron chi connectivity index (χ0n) is 9.68. The van der Waals surface area contributed by atoms with Crippen LogP contribution in [0.1, 0.15) is 30.1 Å². The summed E-state index contributed by atoms with van der Waals surface area (Å²) in [5.41, 5.74) is 2.61. The van der Waals surface area contributed by atoms with Crippen molar-refractivity contribution in [2.75, 3.05) is 19.6 Å². The second-order valence-electron chi connectivity index (χ2n) is 4.93. The Bertz CT molecular complexity index is 328. The third-order valence-electron chi connectivity index (χ3n) is 3.69. The van der Waals surface area contributed by atoms with Crippen LogP contribution in [0.4, 0.5) is 0 Å². The molecule has 4 heteroatoms. The number of fused-ring (bicyclic) bond motifs is 1. The van der Waals surface area contributed by atoms with Crippen molar-refractivity contribution in [2.45, 2.75) is 32.2 Å². The van der Waals surface area contributed by atoms with Crippen molar-refractivity contribution >= 4 is 0 Å². The van der Waals surface area contributed by atoms with Crippen LogP contribution in [0.15, 0.2) is 0 Å². The van der Waals surface area contributed by atoms with Crippen molar-refractivity contribution in [1.82, 2.24) is 20.6 Å². The Morgan fingerprint density at radius 2 is 2.00 bits per heavy atom. The lowest BCUT2D eigenvalue weighted by atomic mass is 9.94. The SMILES string of the molecule is C1CC(Cc2nc3c([nH]2)CNCC3)CCN1. The quantitative estimate of drug-likeness (QED) is 0.684. The smallest absolute Gasteiger partial charge is 0.106 e. The number of rotatable bonds is 2. The first-order chi connectivity index (χ1) is 7.92. The number of hydrogen-bond acceptors (Lipinski definition) is 3. The van der Waals surface area contributed by atoms with Gasteiger partial charge in [-0.3, -0.25) is 0 Å². The molecular weight excluding hydrogens is 200 g/mol. The van der Waals surface area contributed by atoms with E-state index in [0.29, 0.717) is 0 Å². The fourth-order valence-corrected chi connectivity index (χ4v) is 2.73. The molecule has 1 aromatic rings. The minimum atomic E-state index is 0.821. The van der Waals surface area contributed by atoms with E-state index in [1.54, 1.807) is 0 Å². The van der Waals surface area contributed by atoms with E-state index in [1.165, 1.54) is 43.1 Å². The molecule has 0 unspecified atom stereocenters. The molecule has 4 nitrogen and oxygen atoms in total.